The summed E-state index contributed by atoms with van der Waals surface area (Å²) < 4.78 is 38.7. The van der Waals surface area contributed by atoms with Gasteiger partial charge in [0.1, 0.15) is 0 Å². The van der Waals surface area contributed by atoms with Crippen molar-refractivity contribution in [2.45, 2.75) is 10.5 Å². The number of fused-ring (bicyclic) bond motifs is 1. The Morgan fingerprint density at radius 3 is 2.68 bits per heavy atom. The minimum atomic E-state index is -4.74. The molecule has 0 amide bonds. The molecule has 0 aliphatic heterocycles. The fourth-order valence-corrected chi connectivity index (χ4v) is 3.58. The van der Waals surface area contributed by atoms with Crippen LogP contribution in [-0.4, -0.2) is 28.0 Å². The Morgan fingerprint density at radius 1 is 1.42 bits per heavy atom. The molecule has 0 saturated heterocycles. The molecule has 2 aromatic rings. The number of carboxylic acid groups (broad SMARTS) is 1. The number of hydrogen-bond acceptors (Lipinski definition) is 4. The summed E-state index contributed by atoms with van der Waals surface area (Å²) in [6.07, 6.45) is -4.74. The highest BCUT2D eigenvalue weighted by Gasteiger charge is 2.45. The van der Waals surface area contributed by atoms with Gasteiger partial charge in [0, 0.05) is 5.75 Å². The Bertz CT molecular complexity index is 564. The summed E-state index contributed by atoms with van der Waals surface area (Å²) in [6, 6.07) is 7.17. The van der Waals surface area contributed by atoms with E-state index in [-0.39, 0.29) is 0 Å². The third kappa shape index (κ3) is 3.38. The first-order valence-corrected chi connectivity index (χ1v) is 6.96. The molecule has 0 fully saturated rings. The summed E-state index contributed by atoms with van der Waals surface area (Å²) in [7, 11) is 0. The van der Waals surface area contributed by atoms with Crippen LogP contribution in [0.2, 0.25) is 0 Å². The van der Waals surface area contributed by atoms with E-state index in [1.807, 2.05) is 12.1 Å². The Morgan fingerprint density at radius 2 is 2.11 bits per heavy atom. The molecular formula is C11H8F3NO2S2. The number of rotatable bonds is 4. The van der Waals surface area contributed by atoms with Crippen molar-refractivity contribution < 1.29 is 23.1 Å². The molecule has 102 valence electrons. The van der Waals surface area contributed by atoms with Gasteiger partial charge in [-0.1, -0.05) is 23.9 Å². The lowest BCUT2D eigenvalue weighted by molar-refractivity contribution is -0.188. The number of carbonyl (C=O) groups is 1. The summed E-state index contributed by atoms with van der Waals surface area (Å²) in [4.78, 5) is 14.7. The zero-order valence-electron chi connectivity index (χ0n) is 9.35. The van der Waals surface area contributed by atoms with Crippen LogP contribution in [0.3, 0.4) is 0 Å². The molecule has 0 radical (unpaired) electrons. The first-order valence-electron chi connectivity index (χ1n) is 5.16. The fourth-order valence-electron chi connectivity index (χ4n) is 1.37. The molecular weight excluding hydrogens is 299 g/mol. The molecule has 1 aromatic heterocycles. The quantitative estimate of drug-likeness (QED) is 0.876. The highest BCUT2D eigenvalue weighted by molar-refractivity contribution is 8.01. The largest absolute Gasteiger partial charge is 0.481 e. The van der Waals surface area contributed by atoms with E-state index in [0.717, 1.165) is 16.5 Å². The van der Waals surface area contributed by atoms with Crippen LogP contribution < -0.4 is 0 Å². The molecule has 1 N–H and O–H groups in total. The van der Waals surface area contributed by atoms with Crippen LogP contribution in [0.5, 0.6) is 0 Å². The zero-order valence-corrected chi connectivity index (χ0v) is 11.0. The lowest BCUT2D eigenvalue weighted by Crippen LogP contribution is -2.32. The number of alkyl halides is 3. The molecule has 0 bridgehead atoms. The number of carboxylic acids is 1. The molecule has 1 aromatic carbocycles. The van der Waals surface area contributed by atoms with Crippen LogP contribution in [0.15, 0.2) is 28.6 Å². The molecule has 0 aliphatic carbocycles. The van der Waals surface area contributed by atoms with E-state index in [1.54, 1.807) is 12.1 Å². The van der Waals surface area contributed by atoms with Gasteiger partial charge in [-0.15, -0.1) is 11.3 Å². The first kappa shape index (κ1) is 14.1. The third-order valence-electron chi connectivity index (χ3n) is 2.34. The van der Waals surface area contributed by atoms with Gasteiger partial charge in [-0.25, -0.2) is 4.98 Å². The smallest absolute Gasteiger partial charge is 0.403 e. The van der Waals surface area contributed by atoms with Gasteiger partial charge in [-0.3, -0.25) is 4.79 Å². The van der Waals surface area contributed by atoms with Crippen molar-refractivity contribution in [1.29, 1.82) is 0 Å². The van der Waals surface area contributed by atoms with Crippen LogP contribution in [0.4, 0.5) is 13.2 Å². The number of nitrogens with zero attached hydrogens (tertiary/aromatic N) is 1. The topological polar surface area (TPSA) is 50.2 Å². The fraction of sp³-hybridized carbons (Fsp3) is 0.273. The minimum absolute atomic E-state index is 0.441. The minimum Gasteiger partial charge on any atom is -0.481 e. The average Bonchev–Trinajstić information content (AvgIpc) is 2.69. The molecule has 1 heterocycles. The SMILES string of the molecule is O=C(O)C(CSc1nc2ccccc2s1)C(F)(F)F. The van der Waals surface area contributed by atoms with Crippen molar-refractivity contribution in [3.63, 3.8) is 0 Å². The van der Waals surface area contributed by atoms with Gasteiger partial charge < -0.3 is 5.11 Å². The number of benzene rings is 1. The van der Waals surface area contributed by atoms with Gasteiger partial charge in [0.15, 0.2) is 10.3 Å². The number of thioether (sulfide) groups is 1. The van der Waals surface area contributed by atoms with E-state index in [4.69, 9.17) is 5.11 Å². The number of halogens is 3. The second-order valence-electron chi connectivity index (χ2n) is 3.69. The first-order chi connectivity index (χ1) is 8.88. The second kappa shape index (κ2) is 5.38. The Balaban J connectivity index is 2.10. The average molecular weight is 307 g/mol. The number of hydrogen-bond donors (Lipinski definition) is 1. The van der Waals surface area contributed by atoms with E-state index in [9.17, 15) is 18.0 Å². The van der Waals surface area contributed by atoms with E-state index >= 15 is 0 Å². The van der Waals surface area contributed by atoms with Crippen LogP contribution >= 0.6 is 23.1 Å². The summed E-state index contributed by atoms with van der Waals surface area (Å²) >= 11 is 2.07. The Labute approximate surface area is 114 Å². The standard InChI is InChI=1S/C11H8F3NO2S2/c12-11(13,14)6(9(16)17)5-18-10-15-7-3-1-2-4-8(7)19-10/h1-4,6H,5H2,(H,16,17). The maximum Gasteiger partial charge on any atom is 0.403 e. The monoisotopic (exact) mass is 307 g/mol. The maximum absolute atomic E-state index is 12.5. The summed E-state index contributed by atoms with van der Waals surface area (Å²) in [5, 5.41) is 8.58. The van der Waals surface area contributed by atoms with Gasteiger partial charge in [0.05, 0.1) is 10.2 Å². The predicted octanol–water partition coefficient (Wildman–Crippen LogP) is 3.65. The zero-order chi connectivity index (χ0) is 14.0. The highest BCUT2D eigenvalue weighted by Crippen LogP contribution is 2.35. The molecule has 19 heavy (non-hydrogen) atoms. The third-order valence-corrected chi connectivity index (χ3v) is 4.61. The number of para-hydroxylation sites is 1. The molecule has 0 aliphatic rings. The van der Waals surface area contributed by atoms with Gasteiger partial charge in [0.25, 0.3) is 0 Å². The molecule has 0 spiro atoms. The van der Waals surface area contributed by atoms with Crippen molar-refractivity contribution in [1.82, 2.24) is 4.98 Å². The number of thiazole rings is 1. The molecule has 1 unspecified atom stereocenters. The van der Waals surface area contributed by atoms with Gasteiger partial charge in [0.2, 0.25) is 0 Å². The molecule has 1 atom stereocenters. The summed E-state index contributed by atoms with van der Waals surface area (Å²) in [5.41, 5.74) is 0.703. The van der Waals surface area contributed by atoms with Gasteiger partial charge in [-0.05, 0) is 12.1 Å². The van der Waals surface area contributed by atoms with E-state index in [2.05, 4.69) is 4.98 Å². The summed E-state index contributed by atoms with van der Waals surface area (Å²) in [5.74, 6) is -4.80. The van der Waals surface area contributed by atoms with Crippen molar-refractivity contribution in [3.05, 3.63) is 24.3 Å². The van der Waals surface area contributed by atoms with Crippen molar-refractivity contribution >= 4 is 39.3 Å². The number of aliphatic carboxylic acids is 1. The summed E-state index contributed by atoms with van der Waals surface area (Å²) in [6.45, 7) is 0. The van der Waals surface area contributed by atoms with Gasteiger partial charge in [-0.2, -0.15) is 13.2 Å². The van der Waals surface area contributed by atoms with E-state index in [1.165, 1.54) is 11.3 Å². The molecule has 8 heteroatoms. The Hall–Kier alpha value is -1.28. The Kier molecular flexibility index (Phi) is 4.00. The van der Waals surface area contributed by atoms with Gasteiger partial charge >= 0.3 is 12.1 Å². The van der Waals surface area contributed by atoms with E-state index < -0.39 is 23.8 Å². The van der Waals surface area contributed by atoms with Crippen LogP contribution in [0, 0.1) is 5.92 Å². The molecule has 0 saturated carbocycles. The maximum atomic E-state index is 12.5. The van der Waals surface area contributed by atoms with Crippen molar-refractivity contribution in [2.75, 3.05) is 5.75 Å². The lowest BCUT2D eigenvalue weighted by Gasteiger charge is -2.14. The molecule has 2 rings (SSSR count). The van der Waals surface area contributed by atoms with Crippen LogP contribution in [0.25, 0.3) is 10.2 Å². The van der Waals surface area contributed by atoms with Crippen LogP contribution in [0.1, 0.15) is 0 Å². The molecule has 3 nitrogen and oxygen atoms in total. The predicted molar refractivity (Wildman–Crippen MR) is 67.5 cm³/mol. The highest BCUT2D eigenvalue weighted by atomic mass is 32.2. The lowest BCUT2D eigenvalue weighted by atomic mass is 10.2. The van der Waals surface area contributed by atoms with Crippen molar-refractivity contribution in [3.8, 4) is 0 Å². The normalized spacial score (nSPS) is 13.6. The number of aromatic nitrogens is 1. The van der Waals surface area contributed by atoms with Crippen molar-refractivity contribution in [2.24, 2.45) is 5.92 Å². The van der Waals surface area contributed by atoms with Crippen LogP contribution in [-0.2, 0) is 4.79 Å². The van der Waals surface area contributed by atoms with E-state index in [0.29, 0.717) is 9.86 Å². The second-order valence-corrected chi connectivity index (χ2v) is 5.99.